The number of carboxylic acid groups (broad SMARTS) is 1. The molecule has 0 bridgehead atoms. The summed E-state index contributed by atoms with van der Waals surface area (Å²) in [6, 6.07) is 0. The first-order valence-corrected chi connectivity index (χ1v) is 4.20. The maximum Gasteiger partial charge on any atom is 0.306 e. The molecule has 0 heterocycles. The predicted octanol–water partition coefficient (Wildman–Crippen LogP) is 1.03. The van der Waals surface area contributed by atoms with Crippen LogP contribution in [-0.4, -0.2) is 22.3 Å². The zero-order valence-corrected chi connectivity index (χ0v) is 6.94. The molecule has 1 aliphatic carbocycles. The number of carbonyl (C=O) groups is 1. The molecule has 0 aromatic rings. The van der Waals surface area contributed by atoms with Crippen molar-refractivity contribution in [2.75, 3.05) is 0 Å². The zero-order valence-electron chi connectivity index (χ0n) is 6.94. The van der Waals surface area contributed by atoms with Gasteiger partial charge in [-0.25, -0.2) is 0 Å². The van der Waals surface area contributed by atoms with Crippen LogP contribution in [0.4, 0.5) is 0 Å². The van der Waals surface area contributed by atoms with E-state index >= 15 is 0 Å². The van der Waals surface area contributed by atoms with Crippen LogP contribution in [0.15, 0.2) is 12.7 Å². The van der Waals surface area contributed by atoms with Crippen molar-refractivity contribution >= 4 is 5.97 Å². The molecule has 0 radical (unpaired) electrons. The minimum Gasteiger partial charge on any atom is -0.481 e. The van der Waals surface area contributed by atoms with Crippen LogP contribution in [0.5, 0.6) is 0 Å². The Bertz CT molecular complexity index is 188. The van der Waals surface area contributed by atoms with E-state index in [0.717, 1.165) is 12.8 Å². The van der Waals surface area contributed by atoms with E-state index in [1.165, 1.54) is 6.08 Å². The number of hydrogen-bond acceptors (Lipinski definition) is 2. The van der Waals surface area contributed by atoms with E-state index in [2.05, 4.69) is 6.58 Å². The summed E-state index contributed by atoms with van der Waals surface area (Å²) in [6.45, 7) is 3.46. The van der Waals surface area contributed by atoms with Crippen molar-refractivity contribution in [2.45, 2.75) is 25.4 Å². The van der Waals surface area contributed by atoms with Crippen LogP contribution in [-0.2, 0) is 4.79 Å². The van der Waals surface area contributed by atoms with Gasteiger partial charge in [0.2, 0.25) is 0 Å². The van der Waals surface area contributed by atoms with Gasteiger partial charge < -0.3 is 10.2 Å². The Hall–Kier alpha value is -0.830. The molecule has 0 spiro atoms. The molecule has 0 aromatic heterocycles. The first-order valence-electron chi connectivity index (χ1n) is 4.20. The van der Waals surface area contributed by atoms with Crippen LogP contribution in [0.25, 0.3) is 0 Å². The summed E-state index contributed by atoms with van der Waals surface area (Å²) < 4.78 is 0. The molecular weight excluding hydrogens is 156 g/mol. The molecule has 0 aromatic carbocycles. The summed E-state index contributed by atoms with van der Waals surface area (Å²) in [6.07, 6.45) is 3.14. The van der Waals surface area contributed by atoms with Crippen LogP contribution in [0, 0.1) is 11.8 Å². The summed E-state index contributed by atoms with van der Waals surface area (Å²) in [4.78, 5) is 10.7. The van der Waals surface area contributed by atoms with Gasteiger partial charge in [-0.1, -0.05) is 12.5 Å². The summed E-state index contributed by atoms with van der Waals surface area (Å²) >= 11 is 0. The van der Waals surface area contributed by atoms with Gasteiger partial charge in [0.25, 0.3) is 0 Å². The van der Waals surface area contributed by atoms with E-state index in [1.807, 2.05) is 0 Å². The molecule has 0 saturated heterocycles. The molecule has 2 N–H and O–H groups in total. The molecular formula is C9H14O3. The third-order valence-electron chi connectivity index (χ3n) is 2.57. The Morgan fingerprint density at radius 1 is 1.58 bits per heavy atom. The number of aliphatic hydroxyl groups is 1. The molecule has 1 rings (SSSR count). The minimum atomic E-state index is -0.793. The van der Waals surface area contributed by atoms with Crippen LogP contribution in [0.3, 0.4) is 0 Å². The summed E-state index contributed by atoms with van der Waals surface area (Å²) in [5.74, 6) is -1.30. The topological polar surface area (TPSA) is 57.5 Å². The molecule has 1 fully saturated rings. The number of carboxylic acids is 1. The van der Waals surface area contributed by atoms with Crippen molar-refractivity contribution in [3.05, 3.63) is 12.7 Å². The quantitative estimate of drug-likeness (QED) is 0.622. The van der Waals surface area contributed by atoms with Gasteiger partial charge >= 0.3 is 5.97 Å². The van der Waals surface area contributed by atoms with E-state index in [-0.39, 0.29) is 11.8 Å². The Labute approximate surface area is 71.7 Å². The van der Waals surface area contributed by atoms with Crippen molar-refractivity contribution in [3.8, 4) is 0 Å². The highest BCUT2D eigenvalue weighted by Crippen LogP contribution is 2.34. The number of aliphatic hydroxyl groups excluding tert-OH is 1. The van der Waals surface area contributed by atoms with E-state index in [0.29, 0.717) is 6.42 Å². The fourth-order valence-electron chi connectivity index (χ4n) is 1.88. The number of hydrogen-bond donors (Lipinski definition) is 2. The molecule has 0 amide bonds. The van der Waals surface area contributed by atoms with Crippen molar-refractivity contribution in [2.24, 2.45) is 11.8 Å². The summed E-state index contributed by atoms with van der Waals surface area (Å²) in [7, 11) is 0. The number of rotatable bonds is 3. The van der Waals surface area contributed by atoms with Gasteiger partial charge in [0, 0.05) is 5.92 Å². The standard InChI is InChI=1S/C9H14O3/c1-2-8(10)6-4-3-5-7(6)9(11)12/h2,6-8,10H,1,3-5H2,(H,11,12). The highest BCUT2D eigenvalue weighted by molar-refractivity contribution is 5.70. The monoisotopic (exact) mass is 170 g/mol. The second-order valence-electron chi connectivity index (χ2n) is 3.27. The van der Waals surface area contributed by atoms with Crippen LogP contribution in [0.2, 0.25) is 0 Å². The van der Waals surface area contributed by atoms with Crippen LogP contribution >= 0.6 is 0 Å². The van der Waals surface area contributed by atoms with Gasteiger partial charge in [0.1, 0.15) is 0 Å². The lowest BCUT2D eigenvalue weighted by Crippen LogP contribution is -2.27. The van der Waals surface area contributed by atoms with Crippen molar-refractivity contribution in [3.63, 3.8) is 0 Å². The van der Waals surface area contributed by atoms with E-state index in [4.69, 9.17) is 5.11 Å². The fraction of sp³-hybridized carbons (Fsp3) is 0.667. The lowest BCUT2D eigenvalue weighted by Gasteiger charge is -2.18. The average Bonchev–Trinajstić information content (AvgIpc) is 2.50. The normalized spacial score (nSPS) is 31.4. The molecule has 3 unspecified atom stereocenters. The van der Waals surface area contributed by atoms with Gasteiger partial charge in [-0.2, -0.15) is 0 Å². The first kappa shape index (κ1) is 9.26. The van der Waals surface area contributed by atoms with Gasteiger partial charge in [0.05, 0.1) is 12.0 Å². The third kappa shape index (κ3) is 1.67. The second-order valence-corrected chi connectivity index (χ2v) is 3.27. The van der Waals surface area contributed by atoms with E-state index in [1.54, 1.807) is 0 Å². The highest BCUT2D eigenvalue weighted by Gasteiger charge is 2.36. The van der Waals surface area contributed by atoms with E-state index < -0.39 is 12.1 Å². The Kier molecular flexibility index (Phi) is 2.87. The van der Waals surface area contributed by atoms with Crippen molar-refractivity contribution < 1.29 is 15.0 Å². The largest absolute Gasteiger partial charge is 0.481 e. The second kappa shape index (κ2) is 3.72. The Balaban J connectivity index is 2.63. The molecule has 3 heteroatoms. The molecule has 3 atom stereocenters. The first-order chi connectivity index (χ1) is 5.66. The lowest BCUT2D eigenvalue weighted by molar-refractivity contribution is -0.144. The average molecular weight is 170 g/mol. The number of aliphatic carboxylic acids is 1. The maximum atomic E-state index is 10.7. The summed E-state index contributed by atoms with van der Waals surface area (Å²) in [5, 5.41) is 18.2. The third-order valence-corrected chi connectivity index (χ3v) is 2.57. The van der Waals surface area contributed by atoms with Gasteiger partial charge in [-0.05, 0) is 12.8 Å². The smallest absolute Gasteiger partial charge is 0.306 e. The molecule has 0 aliphatic heterocycles. The van der Waals surface area contributed by atoms with Crippen LogP contribution in [0.1, 0.15) is 19.3 Å². The molecule has 3 nitrogen and oxygen atoms in total. The van der Waals surface area contributed by atoms with Crippen molar-refractivity contribution in [1.82, 2.24) is 0 Å². The van der Waals surface area contributed by atoms with Gasteiger partial charge in [-0.15, -0.1) is 6.58 Å². The SMILES string of the molecule is C=CC(O)C1CCCC1C(=O)O. The van der Waals surface area contributed by atoms with Crippen LogP contribution < -0.4 is 0 Å². The maximum absolute atomic E-state index is 10.7. The summed E-state index contributed by atoms with van der Waals surface area (Å²) in [5.41, 5.74) is 0. The fourth-order valence-corrected chi connectivity index (χ4v) is 1.88. The van der Waals surface area contributed by atoms with Gasteiger partial charge in [0.15, 0.2) is 0 Å². The molecule has 12 heavy (non-hydrogen) atoms. The molecule has 1 saturated carbocycles. The van der Waals surface area contributed by atoms with Crippen molar-refractivity contribution in [1.29, 1.82) is 0 Å². The molecule has 1 aliphatic rings. The Morgan fingerprint density at radius 2 is 2.25 bits per heavy atom. The van der Waals surface area contributed by atoms with E-state index in [9.17, 15) is 9.90 Å². The zero-order chi connectivity index (χ0) is 9.14. The van der Waals surface area contributed by atoms with Gasteiger partial charge in [-0.3, -0.25) is 4.79 Å². The highest BCUT2D eigenvalue weighted by atomic mass is 16.4. The minimum absolute atomic E-state index is 0.125. The molecule has 68 valence electrons. The predicted molar refractivity (Wildman–Crippen MR) is 44.7 cm³/mol. The lowest BCUT2D eigenvalue weighted by atomic mass is 9.91. The Morgan fingerprint density at radius 3 is 2.75 bits per heavy atom.